The van der Waals surface area contributed by atoms with Crippen molar-refractivity contribution < 1.29 is 13.6 Å². The van der Waals surface area contributed by atoms with E-state index in [9.17, 15) is 13.6 Å². The van der Waals surface area contributed by atoms with Gasteiger partial charge in [0.15, 0.2) is 17.5 Å². The average Bonchev–Trinajstić information content (AvgIpc) is 2.84. The molecule has 0 saturated carbocycles. The molecule has 0 radical (unpaired) electrons. The molecule has 7 nitrogen and oxygen atoms in total. The summed E-state index contributed by atoms with van der Waals surface area (Å²) >= 11 is 0. The van der Waals surface area contributed by atoms with Crippen LogP contribution in [0, 0.1) is 11.6 Å². The van der Waals surface area contributed by atoms with Gasteiger partial charge in [-0.25, -0.2) is 13.8 Å². The summed E-state index contributed by atoms with van der Waals surface area (Å²) in [6, 6.07) is 1.82. The first-order valence-corrected chi connectivity index (χ1v) is 6.09. The quantitative estimate of drug-likeness (QED) is 0.546. The van der Waals surface area contributed by atoms with Crippen LogP contribution in [0.5, 0.6) is 0 Å². The molecule has 112 valence electrons. The number of halogens is 2. The largest absolute Gasteiger partial charge is 0.352 e. The van der Waals surface area contributed by atoms with Crippen LogP contribution < -0.4 is 16.6 Å². The smallest absolute Gasteiger partial charge is 0.251 e. The second-order valence-electron chi connectivity index (χ2n) is 4.30. The van der Waals surface area contributed by atoms with E-state index in [1.807, 2.05) is 5.43 Å². The van der Waals surface area contributed by atoms with E-state index >= 15 is 0 Å². The standard InChI is InChI=1S/C12H14F2N6O/c1-20-6-17-10(19-20)2-3-16-12(21)7-4-8(13)11(18-15)9(14)5-7/h4-6,18H,2-3,15H2,1H3,(H,16,21). The number of nitrogen functional groups attached to an aromatic ring is 1. The number of hydrogen-bond acceptors (Lipinski definition) is 5. The summed E-state index contributed by atoms with van der Waals surface area (Å²) in [6.45, 7) is 0.253. The van der Waals surface area contributed by atoms with Crippen molar-refractivity contribution >= 4 is 11.6 Å². The number of hydrazine groups is 1. The Bertz CT molecular complexity index is 634. The number of hydrogen-bond donors (Lipinski definition) is 3. The van der Waals surface area contributed by atoms with E-state index in [0.29, 0.717) is 12.2 Å². The van der Waals surface area contributed by atoms with Crippen LogP contribution in [0.3, 0.4) is 0 Å². The molecule has 2 aromatic rings. The molecule has 1 aromatic heterocycles. The summed E-state index contributed by atoms with van der Waals surface area (Å²) in [4.78, 5) is 15.8. The molecule has 21 heavy (non-hydrogen) atoms. The van der Waals surface area contributed by atoms with Crippen LogP contribution in [0.25, 0.3) is 0 Å². The van der Waals surface area contributed by atoms with E-state index in [0.717, 1.165) is 12.1 Å². The monoisotopic (exact) mass is 296 g/mol. The highest BCUT2D eigenvalue weighted by atomic mass is 19.1. The molecule has 0 saturated heterocycles. The van der Waals surface area contributed by atoms with E-state index in [1.54, 1.807) is 18.1 Å². The normalized spacial score (nSPS) is 10.5. The fraction of sp³-hybridized carbons (Fsp3) is 0.250. The summed E-state index contributed by atoms with van der Waals surface area (Å²) in [6.07, 6.45) is 1.96. The van der Waals surface area contributed by atoms with Crippen LogP contribution in [0.4, 0.5) is 14.5 Å². The average molecular weight is 296 g/mol. The molecule has 0 unspecified atom stereocenters. The summed E-state index contributed by atoms with van der Waals surface area (Å²) in [5.74, 6) is 3.08. The zero-order chi connectivity index (χ0) is 15.4. The van der Waals surface area contributed by atoms with Gasteiger partial charge in [0.25, 0.3) is 5.91 Å². The van der Waals surface area contributed by atoms with E-state index < -0.39 is 23.2 Å². The van der Waals surface area contributed by atoms with E-state index in [1.165, 1.54) is 0 Å². The third-order valence-corrected chi connectivity index (χ3v) is 2.73. The molecule has 0 atom stereocenters. The number of aromatic nitrogens is 3. The van der Waals surface area contributed by atoms with Crippen molar-refractivity contribution in [3.8, 4) is 0 Å². The summed E-state index contributed by atoms with van der Waals surface area (Å²) in [5.41, 5.74) is 1.29. The van der Waals surface area contributed by atoms with Crippen LogP contribution in [0.1, 0.15) is 16.2 Å². The van der Waals surface area contributed by atoms with Crippen LogP contribution in [0.15, 0.2) is 18.5 Å². The minimum atomic E-state index is -0.936. The molecule has 0 spiro atoms. The Morgan fingerprint density at radius 1 is 1.38 bits per heavy atom. The van der Waals surface area contributed by atoms with Gasteiger partial charge in [-0.05, 0) is 12.1 Å². The number of aryl methyl sites for hydroxylation is 1. The number of benzene rings is 1. The Morgan fingerprint density at radius 3 is 2.57 bits per heavy atom. The fourth-order valence-electron chi connectivity index (χ4n) is 1.73. The Kier molecular flexibility index (Phi) is 4.43. The highest BCUT2D eigenvalue weighted by molar-refractivity contribution is 5.94. The van der Waals surface area contributed by atoms with Crippen molar-refractivity contribution in [2.75, 3.05) is 12.0 Å². The van der Waals surface area contributed by atoms with Crippen molar-refractivity contribution in [2.24, 2.45) is 12.9 Å². The van der Waals surface area contributed by atoms with Crippen molar-refractivity contribution in [1.29, 1.82) is 0 Å². The van der Waals surface area contributed by atoms with Gasteiger partial charge in [0, 0.05) is 25.6 Å². The minimum absolute atomic E-state index is 0.127. The number of nitrogens with zero attached hydrogens (tertiary/aromatic N) is 3. The highest BCUT2D eigenvalue weighted by Crippen LogP contribution is 2.19. The lowest BCUT2D eigenvalue weighted by Gasteiger charge is -2.08. The Hall–Kier alpha value is -2.55. The molecule has 0 aliphatic heterocycles. The second kappa shape index (κ2) is 6.27. The van der Waals surface area contributed by atoms with Crippen molar-refractivity contribution in [3.63, 3.8) is 0 Å². The predicted molar refractivity (Wildman–Crippen MR) is 71.2 cm³/mol. The Balaban J connectivity index is 1.97. The summed E-state index contributed by atoms with van der Waals surface area (Å²) < 4.78 is 28.5. The van der Waals surface area contributed by atoms with Crippen LogP contribution in [-0.4, -0.2) is 27.2 Å². The Labute approximate surface area is 119 Å². The summed E-state index contributed by atoms with van der Waals surface area (Å²) in [7, 11) is 1.73. The molecule has 1 aromatic carbocycles. The maximum absolute atomic E-state index is 13.5. The molecule has 0 aliphatic rings. The first-order chi connectivity index (χ1) is 10.0. The molecular weight excluding hydrogens is 282 g/mol. The van der Waals surface area contributed by atoms with Crippen LogP contribution in [0.2, 0.25) is 0 Å². The predicted octanol–water partition coefficient (Wildman–Crippen LogP) is 0.351. The van der Waals surface area contributed by atoms with Gasteiger partial charge in [-0.3, -0.25) is 15.3 Å². The van der Waals surface area contributed by atoms with Gasteiger partial charge >= 0.3 is 0 Å². The first kappa shape index (κ1) is 14.9. The molecular formula is C12H14F2N6O. The van der Waals surface area contributed by atoms with Crippen molar-refractivity contribution in [3.05, 3.63) is 41.5 Å². The van der Waals surface area contributed by atoms with Gasteiger partial charge < -0.3 is 10.7 Å². The lowest BCUT2D eigenvalue weighted by Crippen LogP contribution is -2.26. The Morgan fingerprint density at radius 2 is 2.05 bits per heavy atom. The molecule has 0 bridgehead atoms. The lowest BCUT2D eigenvalue weighted by molar-refractivity contribution is 0.0953. The van der Waals surface area contributed by atoms with Crippen molar-refractivity contribution in [1.82, 2.24) is 20.1 Å². The number of carbonyl (C=O) groups is 1. The number of nitrogens with one attached hydrogen (secondary N) is 2. The zero-order valence-electron chi connectivity index (χ0n) is 11.2. The van der Waals surface area contributed by atoms with E-state index in [-0.39, 0.29) is 12.1 Å². The third kappa shape index (κ3) is 3.51. The fourth-order valence-corrected chi connectivity index (χ4v) is 1.73. The molecule has 2 rings (SSSR count). The van der Waals surface area contributed by atoms with E-state index in [4.69, 9.17) is 5.84 Å². The van der Waals surface area contributed by atoms with Crippen LogP contribution in [-0.2, 0) is 13.5 Å². The molecule has 4 N–H and O–H groups in total. The molecule has 0 aliphatic carbocycles. The van der Waals surface area contributed by atoms with Gasteiger partial charge in [-0.15, -0.1) is 0 Å². The van der Waals surface area contributed by atoms with Gasteiger partial charge in [-0.1, -0.05) is 0 Å². The SMILES string of the molecule is Cn1cnc(CCNC(=O)c2cc(F)c(NN)c(F)c2)n1. The van der Waals surface area contributed by atoms with Gasteiger partial charge in [-0.2, -0.15) is 5.10 Å². The number of nitrogens with two attached hydrogens (primary N) is 1. The number of carbonyl (C=O) groups excluding carboxylic acids is 1. The zero-order valence-corrected chi connectivity index (χ0v) is 11.2. The minimum Gasteiger partial charge on any atom is -0.352 e. The van der Waals surface area contributed by atoms with Gasteiger partial charge in [0.2, 0.25) is 0 Å². The molecule has 9 heteroatoms. The topological polar surface area (TPSA) is 97.9 Å². The molecule has 1 amide bonds. The third-order valence-electron chi connectivity index (χ3n) is 2.73. The van der Waals surface area contributed by atoms with Gasteiger partial charge in [0.05, 0.1) is 0 Å². The maximum Gasteiger partial charge on any atom is 0.251 e. The molecule has 0 fully saturated rings. The number of anilines is 1. The second-order valence-corrected chi connectivity index (χ2v) is 4.30. The number of rotatable bonds is 5. The maximum atomic E-state index is 13.5. The van der Waals surface area contributed by atoms with E-state index in [2.05, 4.69) is 15.4 Å². The van der Waals surface area contributed by atoms with Gasteiger partial charge in [0.1, 0.15) is 12.0 Å². The number of amides is 1. The van der Waals surface area contributed by atoms with Crippen LogP contribution >= 0.6 is 0 Å². The lowest BCUT2D eigenvalue weighted by atomic mass is 10.1. The molecule has 1 heterocycles. The first-order valence-electron chi connectivity index (χ1n) is 6.09. The highest BCUT2D eigenvalue weighted by Gasteiger charge is 2.14. The summed E-state index contributed by atoms with van der Waals surface area (Å²) in [5, 5.41) is 6.58. The van der Waals surface area contributed by atoms with Crippen molar-refractivity contribution in [2.45, 2.75) is 6.42 Å².